The van der Waals surface area contributed by atoms with Gasteiger partial charge in [-0.2, -0.15) is 0 Å². The smallest absolute Gasteiger partial charge is 0.414 e. The molecular weight excluding hydrogens is 271 g/mol. The maximum absolute atomic E-state index is 11.1. The van der Waals surface area contributed by atoms with E-state index in [2.05, 4.69) is 10.6 Å². The van der Waals surface area contributed by atoms with Crippen molar-refractivity contribution in [2.75, 3.05) is 0 Å². The van der Waals surface area contributed by atoms with Gasteiger partial charge in [0.15, 0.2) is 11.5 Å². The third-order valence-electron chi connectivity index (χ3n) is 2.26. The predicted molar refractivity (Wildman–Crippen MR) is 56.7 cm³/mol. The number of fused-ring (bicyclic) bond motifs is 1. The molecule has 6 nitrogen and oxygen atoms in total. The van der Waals surface area contributed by atoms with Crippen LogP contribution in [0.1, 0.15) is 0 Å². The number of rotatable bonds is 0. The molecule has 1 fully saturated rings. The van der Waals surface area contributed by atoms with Gasteiger partial charge in [0.25, 0.3) is 0 Å². The molecule has 1 saturated heterocycles. The van der Waals surface area contributed by atoms with Crippen LogP contribution < -0.4 is 20.1 Å². The highest BCUT2D eigenvalue weighted by Gasteiger charge is 2.52. The lowest BCUT2D eigenvalue weighted by molar-refractivity contribution is -0.135. The van der Waals surface area contributed by atoms with E-state index in [0.717, 1.165) is 0 Å². The molecule has 0 bridgehead atoms. The molecule has 1 aromatic rings. The molecule has 8 heteroatoms. The van der Waals surface area contributed by atoms with E-state index in [4.69, 9.17) is 32.7 Å². The molecule has 0 aliphatic carbocycles. The number of carbonyl (C=O) groups is 2. The molecule has 2 aliphatic heterocycles. The van der Waals surface area contributed by atoms with Gasteiger partial charge in [-0.1, -0.05) is 23.2 Å². The van der Waals surface area contributed by atoms with Crippen LogP contribution in [0.2, 0.25) is 10.0 Å². The van der Waals surface area contributed by atoms with Gasteiger partial charge in [0, 0.05) is 12.1 Å². The topological polar surface area (TPSA) is 76.7 Å². The zero-order valence-electron chi connectivity index (χ0n) is 8.04. The minimum Gasteiger partial charge on any atom is -0.414 e. The molecule has 2 N–H and O–H groups in total. The number of benzene rings is 1. The number of carbonyl (C=O) groups excluding carboxylic acids is 2. The lowest BCUT2D eigenvalue weighted by Gasteiger charge is -2.19. The average Bonchev–Trinajstić information content (AvgIpc) is 2.68. The van der Waals surface area contributed by atoms with Gasteiger partial charge in [-0.15, -0.1) is 0 Å². The van der Waals surface area contributed by atoms with Crippen LogP contribution in [-0.2, 0) is 9.59 Å². The Hall–Kier alpha value is -1.66. The number of ether oxygens (including phenoxy) is 2. The number of hydrogen-bond donors (Lipinski definition) is 2. The summed E-state index contributed by atoms with van der Waals surface area (Å²) in [5.41, 5.74) is 0. The summed E-state index contributed by atoms with van der Waals surface area (Å²) in [7, 11) is 0. The molecule has 0 radical (unpaired) electrons. The van der Waals surface area contributed by atoms with E-state index in [0.29, 0.717) is 0 Å². The van der Waals surface area contributed by atoms with E-state index in [1.54, 1.807) is 0 Å². The maximum Gasteiger partial charge on any atom is 0.435 e. The molecule has 2 heterocycles. The minimum atomic E-state index is -1.69. The summed E-state index contributed by atoms with van der Waals surface area (Å²) in [4.78, 5) is 22.2. The number of halogens is 2. The van der Waals surface area contributed by atoms with Gasteiger partial charge in [-0.3, -0.25) is 20.2 Å². The van der Waals surface area contributed by atoms with Crippen molar-refractivity contribution in [3.8, 4) is 11.5 Å². The van der Waals surface area contributed by atoms with E-state index < -0.39 is 17.8 Å². The van der Waals surface area contributed by atoms with E-state index in [9.17, 15) is 9.59 Å². The second-order valence-corrected chi connectivity index (χ2v) is 4.26. The fraction of sp³-hybridized carbons (Fsp3) is 0.111. The fourth-order valence-corrected chi connectivity index (χ4v) is 1.85. The van der Waals surface area contributed by atoms with Crippen LogP contribution >= 0.6 is 23.2 Å². The summed E-state index contributed by atoms with van der Waals surface area (Å²) in [5.74, 6) is -1.12. The Bertz CT molecular complexity index is 511. The van der Waals surface area contributed by atoms with E-state index in [1.807, 2.05) is 0 Å². The van der Waals surface area contributed by atoms with Crippen molar-refractivity contribution in [1.82, 2.24) is 10.6 Å². The first-order valence-electron chi connectivity index (χ1n) is 4.51. The van der Waals surface area contributed by atoms with Gasteiger partial charge in [0.05, 0.1) is 10.0 Å². The molecule has 0 aromatic heterocycles. The van der Waals surface area contributed by atoms with Crippen LogP contribution in [0.5, 0.6) is 11.5 Å². The van der Waals surface area contributed by atoms with Crippen molar-refractivity contribution in [2.24, 2.45) is 0 Å². The standard InChI is InChI=1S/C9H4Cl2N2O4/c10-3-1-5-6(2-4(3)11)17-9(16-5)12-7(14)8(15)13-9/h1-2H,(H,12,14)(H,13,15). The van der Waals surface area contributed by atoms with Crippen molar-refractivity contribution in [2.45, 2.75) is 6.03 Å². The van der Waals surface area contributed by atoms with Crippen LogP contribution in [0.4, 0.5) is 0 Å². The lowest BCUT2D eigenvalue weighted by Crippen LogP contribution is -2.57. The molecule has 88 valence electrons. The fourth-order valence-electron chi connectivity index (χ4n) is 1.55. The molecular formula is C9H4Cl2N2O4. The highest BCUT2D eigenvalue weighted by molar-refractivity contribution is 6.42. The quantitative estimate of drug-likeness (QED) is 0.680. The van der Waals surface area contributed by atoms with Gasteiger partial charge >= 0.3 is 17.8 Å². The summed E-state index contributed by atoms with van der Waals surface area (Å²) < 4.78 is 10.6. The molecule has 17 heavy (non-hydrogen) atoms. The SMILES string of the molecule is O=C1NC2(NC1=O)Oc1cc(Cl)c(Cl)cc1O2. The molecule has 1 aromatic carbocycles. The molecule has 1 spiro atoms. The molecule has 2 amide bonds. The van der Waals surface area contributed by atoms with Crippen LogP contribution in [0.3, 0.4) is 0 Å². The monoisotopic (exact) mass is 274 g/mol. The summed E-state index contributed by atoms with van der Waals surface area (Å²) in [6.45, 7) is 0. The molecule has 0 unspecified atom stereocenters. The normalized spacial score (nSPS) is 19.4. The zero-order valence-corrected chi connectivity index (χ0v) is 9.56. The third kappa shape index (κ3) is 1.49. The van der Waals surface area contributed by atoms with Crippen molar-refractivity contribution in [3.05, 3.63) is 22.2 Å². The molecule has 0 atom stereocenters. The first-order chi connectivity index (χ1) is 7.99. The van der Waals surface area contributed by atoms with Crippen molar-refractivity contribution in [1.29, 1.82) is 0 Å². The number of hydrogen-bond acceptors (Lipinski definition) is 4. The van der Waals surface area contributed by atoms with E-state index >= 15 is 0 Å². The predicted octanol–water partition coefficient (Wildman–Crippen LogP) is 0.622. The largest absolute Gasteiger partial charge is 0.435 e. The van der Waals surface area contributed by atoms with E-state index in [1.165, 1.54) is 12.1 Å². The van der Waals surface area contributed by atoms with Crippen molar-refractivity contribution < 1.29 is 19.1 Å². The Kier molecular flexibility index (Phi) is 1.96. The average molecular weight is 275 g/mol. The Morgan fingerprint density at radius 2 is 1.35 bits per heavy atom. The summed E-state index contributed by atoms with van der Waals surface area (Å²) in [6.07, 6.45) is 0. The van der Waals surface area contributed by atoms with Gasteiger partial charge in [-0.25, -0.2) is 0 Å². The van der Waals surface area contributed by atoms with Crippen LogP contribution in [-0.4, -0.2) is 17.8 Å². The van der Waals surface area contributed by atoms with Crippen molar-refractivity contribution >= 4 is 35.0 Å². The van der Waals surface area contributed by atoms with Crippen LogP contribution in [0.15, 0.2) is 12.1 Å². The number of nitrogens with one attached hydrogen (secondary N) is 2. The van der Waals surface area contributed by atoms with Crippen LogP contribution in [0, 0.1) is 0 Å². The van der Waals surface area contributed by atoms with E-state index in [-0.39, 0.29) is 21.5 Å². The highest BCUT2D eigenvalue weighted by atomic mass is 35.5. The molecule has 2 aliphatic rings. The Labute approximate surface area is 105 Å². The Morgan fingerprint density at radius 3 is 1.76 bits per heavy atom. The molecule has 0 saturated carbocycles. The van der Waals surface area contributed by atoms with Gasteiger partial charge in [0.2, 0.25) is 0 Å². The second-order valence-electron chi connectivity index (χ2n) is 3.44. The lowest BCUT2D eigenvalue weighted by atomic mass is 10.3. The van der Waals surface area contributed by atoms with Gasteiger partial charge in [0.1, 0.15) is 0 Å². The summed E-state index contributed by atoms with van der Waals surface area (Å²) in [5, 5.41) is 5.03. The Balaban J connectivity index is 1.98. The first kappa shape index (κ1) is 10.5. The molecule has 3 rings (SSSR count). The summed E-state index contributed by atoms with van der Waals surface area (Å²) in [6, 6.07) is 1.18. The highest BCUT2D eigenvalue weighted by Crippen LogP contribution is 2.42. The third-order valence-corrected chi connectivity index (χ3v) is 2.98. The maximum atomic E-state index is 11.1. The van der Waals surface area contributed by atoms with Gasteiger partial charge in [-0.05, 0) is 0 Å². The van der Waals surface area contributed by atoms with Crippen molar-refractivity contribution in [3.63, 3.8) is 0 Å². The first-order valence-corrected chi connectivity index (χ1v) is 5.26. The zero-order chi connectivity index (χ0) is 12.2. The minimum absolute atomic E-state index is 0.279. The second kappa shape index (κ2) is 3.18. The van der Waals surface area contributed by atoms with Crippen LogP contribution in [0.25, 0.3) is 0 Å². The summed E-state index contributed by atoms with van der Waals surface area (Å²) >= 11 is 11.6. The Morgan fingerprint density at radius 1 is 0.941 bits per heavy atom. The van der Waals surface area contributed by atoms with Gasteiger partial charge < -0.3 is 9.47 Å². The number of amides is 2.